The molecular formula is C11H18N4O3S2. The number of piperidine rings is 1. The van der Waals surface area contributed by atoms with Crippen LogP contribution in [0.5, 0.6) is 0 Å². The molecular weight excluding hydrogens is 300 g/mol. The molecule has 1 aliphatic rings. The molecule has 112 valence electrons. The molecule has 0 aromatic carbocycles. The molecule has 1 aliphatic heterocycles. The lowest BCUT2D eigenvalue weighted by atomic mass is 9.99. The Morgan fingerprint density at radius 3 is 2.85 bits per heavy atom. The second kappa shape index (κ2) is 6.15. The molecule has 1 aromatic heterocycles. The summed E-state index contributed by atoms with van der Waals surface area (Å²) in [5.74, 6) is -0.442. The Kier molecular flexibility index (Phi) is 4.71. The Bertz CT molecular complexity index is 584. The summed E-state index contributed by atoms with van der Waals surface area (Å²) < 4.78 is 25.1. The molecule has 2 rings (SSSR count). The molecule has 1 atom stereocenters. The summed E-state index contributed by atoms with van der Waals surface area (Å²) >= 11 is 1.30. The van der Waals surface area contributed by atoms with Crippen molar-refractivity contribution in [3.8, 4) is 0 Å². The Balaban J connectivity index is 2.00. The average Bonchev–Trinajstić information content (AvgIpc) is 2.84. The fourth-order valence-electron chi connectivity index (χ4n) is 2.15. The van der Waals surface area contributed by atoms with Gasteiger partial charge in [-0.05, 0) is 26.7 Å². The molecule has 1 fully saturated rings. The van der Waals surface area contributed by atoms with E-state index in [2.05, 4.69) is 15.5 Å². The molecule has 1 N–H and O–H groups in total. The fraction of sp³-hybridized carbons (Fsp3) is 0.727. The molecule has 1 saturated heterocycles. The molecule has 1 aromatic rings. The van der Waals surface area contributed by atoms with Gasteiger partial charge in [0.05, 0.1) is 11.7 Å². The molecule has 0 spiro atoms. The first-order valence-electron chi connectivity index (χ1n) is 6.51. The maximum atomic E-state index is 12.1. The largest absolute Gasteiger partial charge is 0.300 e. The van der Waals surface area contributed by atoms with Gasteiger partial charge in [-0.3, -0.25) is 4.79 Å². The number of nitrogens with zero attached hydrogens (tertiary/aromatic N) is 3. The first kappa shape index (κ1) is 15.3. The van der Waals surface area contributed by atoms with Crippen LogP contribution in [0.25, 0.3) is 0 Å². The van der Waals surface area contributed by atoms with Crippen LogP contribution in [0.4, 0.5) is 5.13 Å². The number of anilines is 1. The number of hydrogen-bond acceptors (Lipinski definition) is 6. The molecule has 0 unspecified atom stereocenters. The maximum absolute atomic E-state index is 12.1. The normalized spacial score (nSPS) is 20.8. The van der Waals surface area contributed by atoms with Crippen molar-refractivity contribution in [3.63, 3.8) is 0 Å². The van der Waals surface area contributed by atoms with Crippen molar-refractivity contribution in [1.82, 2.24) is 14.5 Å². The lowest BCUT2D eigenvalue weighted by Gasteiger charge is -2.30. The van der Waals surface area contributed by atoms with E-state index < -0.39 is 10.0 Å². The van der Waals surface area contributed by atoms with E-state index in [0.717, 1.165) is 5.01 Å². The predicted molar refractivity (Wildman–Crippen MR) is 77.0 cm³/mol. The van der Waals surface area contributed by atoms with Gasteiger partial charge in [-0.1, -0.05) is 11.3 Å². The lowest BCUT2D eigenvalue weighted by Crippen LogP contribution is -2.44. The Labute approximate surface area is 122 Å². The molecule has 0 saturated carbocycles. The van der Waals surface area contributed by atoms with Crippen LogP contribution in [-0.2, 0) is 14.8 Å². The van der Waals surface area contributed by atoms with Crippen LogP contribution in [0.15, 0.2) is 0 Å². The van der Waals surface area contributed by atoms with Crippen molar-refractivity contribution in [1.29, 1.82) is 0 Å². The highest BCUT2D eigenvalue weighted by molar-refractivity contribution is 7.89. The summed E-state index contributed by atoms with van der Waals surface area (Å²) in [5.41, 5.74) is 0. The summed E-state index contributed by atoms with van der Waals surface area (Å²) in [6.07, 6.45) is 1.39. The zero-order valence-corrected chi connectivity index (χ0v) is 13.1. The number of carbonyl (C=O) groups is 1. The van der Waals surface area contributed by atoms with Gasteiger partial charge in [-0.25, -0.2) is 12.7 Å². The summed E-state index contributed by atoms with van der Waals surface area (Å²) in [7, 11) is -3.23. The summed E-state index contributed by atoms with van der Waals surface area (Å²) in [6.45, 7) is 4.17. The second-order valence-electron chi connectivity index (χ2n) is 4.71. The van der Waals surface area contributed by atoms with E-state index in [1.165, 1.54) is 15.6 Å². The third kappa shape index (κ3) is 3.53. The number of rotatable bonds is 4. The molecule has 9 heteroatoms. The van der Waals surface area contributed by atoms with Crippen LogP contribution in [0.1, 0.15) is 24.8 Å². The van der Waals surface area contributed by atoms with Crippen molar-refractivity contribution in [2.75, 3.05) is 24.2 Å². The summed E-state index contributed by atoms with van der Waals surface area (Å²) in [4.78, 5) is 12.1. The molecule has 1 amide bonds. The minimum Gasteiger partial charge on any atom is -0.300 e. The molecule has 20 heavy (non-hydrogen) atoms. The van der Waals surface area contributed by atoms with Crippen LogP contribution in [0.2, 0.25) is 0 Å². The molecule has 0 radical (unpaired) electrons. The van der Waals surface area contributed by atoms with E-state index in [9.17, 15) is 13.2 Å². The SMILES string of the molecule is CCS(=O)(=O)N1CCC[C@H](C(=O)Nc2nnc(C)s2)C1. The Morgan fingerprint density at radius 1 is 1.50 bits per heavy atom. The maximum Gasteiger partial charge on any atom is 0.230 e. The number of sulfonamides is 1. The standard InChI is InChI=1S/C11H18N4O3S2/c1-3-20(17,18)15-6-4-5-9(7-15)10(16)12-11-14-13-8(2)19-11/h9H,3-7H2,1-2H3,(H,12,14,16)/t9-/m0/s1. The summed E-state index contributed by atoms with van der Waals surface area (Å²) in [5, 5.41) is 11.6. The lowest BCUT2D eigenvalue weighted by molar-refractivity contribution is -0.120. The van der Waals surface area contributed by atoms with Gasteiger partial charge in [-0.15, -0.1) is 10.2 Å². The van der Waals surface area contributed by atoms with Gasteiger partial charge in [-0.2, -0.15) is 0 Å². The zero-order valence-electron chi connectivity index (χ0n) is 11.5. The molecule has 0 aliphatic carbocycles. The van der Waals surface area contributed by atoms with E-state index in [1.807, 2.05) is 6.92 Å². The number of carbonyl (C=O) groups excluding carboxylic acids is 1. The predicted octanol–water partition coefficient (Wildman–Crippen LogP) is 0.847. The highest BCUT2D eigenvalue weighted by Crippen LogP contribution is 2.22. The fourth-order valence-corrected chi connectivity index (χ4v) is 3.92. The van der Waals surface area contributed by atoms with Gasteiger partial charge in [0.2, 0.25) is 21.1 Å². The van der Waals surface area contributed by atoms with Crippen LogP contribution in [-0.4, -0.2) is 47.7 Å². The van der Waals surface area contributed by atoms with E-state index in [1.54, 1.807) is 6.92 Å². The number of aryl methyl sites for hydroxylation is 1. The van der Waals surface area contributed by atoms with E-state index in [-0.39, 0.29) is 24.1 Å². The highest BCUT2D eigenvalue weighted by atomic mass is 32.2. The smallest absolute Gasteiger partial charge is 0.230 e. The van der Waals surface area contributed by atoms with Gasteiger partial charge in [0.15, 0.2) is 0 Å². The highest BCUT2D eigenvalue weighted by Gasteiger charge is 2.31. The zero-order chi connectivity index (χ0) is 14.8. The van der Waals surface area contributed by atoms with E-state index in [0.29, 0.717) is 24.5 Å². The van der Waals surface area contributed by atoms with Crippen molar-refractivity contribution in [2.45, 2.75) is 26.7 Å². The minimum absolute atomic E-state index is 0.0664. The van der Waals surface area contributed by atoms with Gasteiger partial charge in [0.1, 0.15) is 5.01 Å². The first-order chi connectivity index (χ1) is 9.42. The average molecular weight is 318 g/mol. The number of nitrogens with one attached hydrogen (secondary N) is 1. The summed E-state index contributed by atoms with van der Waals surface area (Å²) in [6, 6.07) is 0. The molecule has 7 nitrogen and oxygen atoms in total. The van der Waals surface area contributed by atoms with Crippen molar-refractivity contribution < 1.29 is 13.2 Å². The quantitative estimate of drug-likeness (QED) is 0.888. The van der Waals surface area contributed by atoms with Gasteiger partial charge < -0.3 is 5.32 Å². The monoisotopic (exact) mass is 318 g/mol. The Hall–Kier alpha value is -1.06. The van der Waals surface area contributed by atoms with Crippen LogP contribution in [0.3, 0.4) is 0 Å². The van der Waals surface area contributed by atoms with Crippen molar-refractivity contribution >= 4 is 32.4 Å². The van der Waals surface area contributed by atoms with Crippen LogP contribution >= 0.6 is 11.3 Å². The molecule has 2 heterocycles. The number of amides is 1. The third-order valence-corrected chi connectivity index (χ3v) is 5.87. The van der Waals surface area contributed by atoms with Crippen molar-refractivity contribution in [3.05, 3.63) is 5.01 Å². The molecule has 0 bridgehead atoms. The van der Waals surface area contributed by atoms with Gasteiger partial charge >= 0.3 is 0 Å². The topological polar surface area (TPSA) is 92.3 Å². The first-order valence-corrected chi connectivity index (χ1v) is 8.93. The van der Waals surface area contributed by atoms with E-state index >= 15 is 0 Å². The van der Waals surface area contributed by atoms with Gasteiger partial charge in [0.25, 0.3) is 0 Å². The third-order valence-electron chi connectivity index (χ3n) is 3.27. The number of aromatic nitrogens is 2. The Morgan fingerprint density at radius 2 is 2.25 bits per heavy atom. The second-order valence-corrected chi connectivity index (χ2v) is 8.15. The van der Waals surface area contributed by atoms with Crippen LogP contribution < -0.4 is 5.32 Å². The number of hydrogen-bond donors (Lipinski definition) is 1. The van der Waals surface area contributed by atoms with Crippen LogP contribution in [0, 0.1) is 12.8 Å². The van der Waals surface area contributed by atoms with E-state index in [4.69, 9.17) is 0 Å². The minimum atomic E-state index is -3.23. The van der Waals surface area contributed by atoms with Gasteiger partial charge in [0, 0.05) is 13.1 Å². The van der Waals surface area contributed by atoms with Crippen molar-refractivity contribution in [2.24, 2.45) is 5.92 Å².